The van der Waals surface area contributed by atoms with E-state index in [0.717, 1.165) is 38.6 Å². The number of likely N-dealkylation sites (tertiary alicyclic amines) is 1. The Bertz CT molecular complexity index is 481. The standard InChI is InChI=1S/C17H26N2O4/c20-15(18-13-4-5-13)17(6-2-7-17)16(21)19-8-1-3-12(11-19)14-22-9-10-23-14/h12-14H,1-11H2,(H,18,20)/t12-/m1/s1. The molecule has 2 aliphatic carbocycles. The van der Waals surface area contributed by atoms with Crippen LogP contribution in [0.15, 0.2) is 0 Å². The molecule has 6 nitrogen and oxygen atoms in total. The van der Waals surface area contributed by atoms with E-state index >= 15 is 0 Å². The fraction of sp³-hybridized carbons (Fsp3) is 0.882. The van der Waals surface area contributed by atoms with Gasteiger partial charge in [-0.15, -0.1) is 0 Å². The van der Waals surface area contributed by atoms with Gasteiger partial charge >= 0.3 is 0 Å². The molecule has 0 aromatic carbocycles. The number of piperidine rings is 1. The molecular formula is C17H26N2O4. The van der Waals surface area contributed by atoms with Gasteiger partial charge in [0.15, 0.2) is 6.29 Å². The third-order valence-corrected chi connectivity index (χ3v) is 5.74. The van der Waals surface area contributed by atoms with E-state index in [4.69, 9.17) is 9.47 Å². The third kappa shape index (κ3) is 2.87. The molecule has 2 saturated heterocycles. The highest BCUT2D eigenvalue weighted by Gasteiger charge is 2.53. The molecule has 2 aliphatic heterocycles. The lowest BCUT2D eigenvalue weighted by molar-refractivity contribution is -0.161. The molecule has 0 radical (unpaired) electrons. The fourth-order valence-corrected chi connectivity index (χ4v) is 3.99. The Morgan fingerprint density at radius 3 is 2.39 bits per heavy atom. The monoisotopic (exact) mass is 322 g/mol. The van der Waals surface area contributed by atoms with Crippen LogP contribution in [0.25, 0.3) is 0 Å². The van der Waals surface area contributed by atoms with Crippen LogP contribution in [0.4, 0.5) is 0 Å². The van der Waals surface area contributed by atoms with Gasteiger partial charge in [-0.05, 0) is 38.5 Å². The maximum absolute atomic E-state index is 13.1. The van der Waals surface area contributed by atoms with Crippen LogP contribution in [-0.4, -0.2) is 55.3 Å². The molecule has 2 amide bonds. The normalized spacial score (nSPS) is 30.8. The van der Waals surface area contributed by atoms with Crippen LogP contribution in [0.5, 0.6) is 0 Å². The first-order chi connectivity index (χ1) is 11.2. The number of ether oxygens (including phenoxy) is 2. The zero-order chi connectivity index (χ0) is 15.9. The number of nitrogens with one attached hydrogen (secondary N) is 1. The van der Waals surface area contributed by atoms with Gasteiger partial charge in [0, 0.05) is 25.0 Å². The lowest BCUT2D eigenvalue weighted by Crippen LogP contribution is -2.58. The molecule has 128 valence electrons. The first-order valence-electron chi connectivity index (χ1n) is 9.03. The minimum absolute atomic E-state index is 0.0320. The molecule has 0 spiro atoms. The zero-order valence-corrected chi connectivity index (χ0v) is 13.6. The molecule has 0 aromatic heterocycles. The molecule has 4 fully saturated rings. The van der Waals surface area contributed by atoms with E-state index in [0.29, 0.717) is 38.6 Å². The number of carbonyl (C=O) groups is 2. The average molecular weight is 322 g/mol. The van der Waals surface area contributed by atoms with Crippen molar-refractivity contribution in [1.29, 1.82) is 0 Å². The molecule has 4 aliphatic rings. The average Bonchev–Trinajstić information content (AvgIpc) is 3.16. The van der Waals surface area contributed by atoms with Crippen LogP contribution in [0, 0.1) is 11.3 Å². The largest absolute Gasteiger partial charge is 0.352 e. The van der Waals surface area contributed by atoms with E-state index in [1.807, 2.05) is 4.90 Å². The number of nitrogens with zero attached hydrogens (tertiary/aromatic N) is 1. The molecule has 0 bridgehead atoms. The third-order valence-electron chi connectivity index (χ3n) is 5.74. The summed E-state index contributed by atoms with van der Waals surface area (Å²) < 4.78 is 11.2. The molecular weight excluding hydrogens is 296 g/mol. The summed E-state index contributed by atoms with van der Waals surface area (Å²) in [7, 11) is 0. The van der Waals surface area contributed by atoms with Gasteiger partial charge in [0.1, 0.15) is 5.41 Å². The van der Waals surface area contributed by atoms with Gasteiger partial charge in [0.2, 0.25) is 11.8 Å². The summed E-state index contributed by atoms with van der Waals surface area (Å²) in [5, 5.41) is 3.05. The van der Waals surface area contributed by atoms with E-state index < -0.39 is 5.41 Å². The molecule has 0 unspecified atom stereocenters. The maximum atomic E-state index is 13.1. The van der Waals surface area contributed by atoms with Gasteiger partial charge in [-0.1, -0.05) is 6.42 Å². The minimum Gasteiger partial charge on any atom is -0.352 e. The number of hydrogen-bond donors (Lipinski definition) is 1. The Hall–Kier alpha value is -1.14. The molecule has 2 saturated carbocycles. The Morgan fingerprint density at radius 2 is 1.78 bits per heavy atom. The van der Waals surface area contributed by atoms with Gasteiger partial charge in [0.25, 0.3) is 0 Å². The summed E-state index contributed by atoms with van der Waals surface area (Å²) >= 11 is 0. The summed E-state index contributed by atoms with van der Waals surface area (Å²) in [6, 6.07) is 0.308. The highest BCUT2D eigenvalue weighted by molar-refractivity contribution is 6.06. The van der Waals surface area contributed by atoms with Gasteiger partial charge < -0.3 is 19.7 Å². The van der Waals surface area contributed by atoms with Crippen molar-refractivity contribution in [2.24, 2.45) is 11.3 Å². The first-order valence-corrected chi connectivity index (χ1v) is 9.03. The highest BCUT2D eigenvalue weighted by atomic mass is 16.7. The molecule has 1 atom stereocenters. The van der Waals surface area contributed by atoms with Crippen LogP contribution in [0.2, 0.25) is 0 Å². The smallest absolute Gasteiger partial charge is 0.238 e. The van der Waals surface area contributed by atoms with Crippen molar-refractivity contribution in [2.45, 2.75) is 57.3 Å². The minimum atomic E-state index is -0.790. The van der Waals surface area contributed by atoms with Crippen LogP contribution in [0.1, 0.15) is 44.9 Å². The Labute approximate surface area is 136 Å². The topological polar surface area (TPSA) is 67.9 Å². The molecule has 4 rings (SSSR count). The second-order valence-corrected chi connectivity index (χ2v) is 7.45. The molecule has 2 heterocycles. The number of carbonyl (C=O) groups excluding carboxylic acids is 2. The SMILES string of the molecule is O=C(NC1CC1)C1(C(=O)N2CCC[C@@H](C3OCCO3)C2)CCC1. The van der Waals surface area contributed by atoms with Crippen LogP contribution in [-0.2, 0) is 19.1 Å². The Morgan fingerprint density at radius 1 is 1.04 bits per heavy atom. The Balaban J connectivity index is 1.42. The summed E-state index contributed by atoms with van der Waals surface area (Å²) in [6.07, 6.45) is 6.27. The lowest BCUT2D eigenvalue weighted by atomic mass is 9.66. The van der Waals surface area contributed by atoms with Crippen molar-refractivity contribution in [3.63, 3.8) is 0 Å². The van der Waals surface area contributed by atoms with Crippen molar-refractivity contribution in [2.75, 3.05) is 26.3 Å². The van der Waals surface area contributed by atoms with Gasteiger partial charge in [-0.2, -0.15) is 0 Å². The van der Waals surface area contributed by atoms with Gasteiger partial charge in [-0.25, -0.2) is 0 Å². The highest BCUT2D eigenvalue weighted by Crippen LogP contribution is 2.44. The quantitative estimate of drug-likeness (QED) is 0.786. The van der Waals surface area contributed by atoms with Crippen LogP contribution in [0.3, 0.4) is 0 Å². The van der Waals surface area contributed by atoms with Crippen molar-refractivity contribution in [3.8, 4) is 0 Å². The van der Waals surface area contributed by atoms with E-state index in [2.05, 4.69) is 5.32 Å². The summed E-state index contributed by atoms with van der Waals surface area (Å²) in [6.45, 7) is 2.69. The predicted octanol–water partition coefficient (Wildman–Crippen LogP) is 1.05. The maximum Gasteiger partial charge on any atom is 0.238 e. The molecule has 23 heavy (non-hydrogen) atoms. The van der Waals surface area contributed by atoms with E-state index in [-0.39, 0.29) is 24.0 Å². The van der Waals surface area contributed by atoms with Crippen molar-refractivity contribution >= 4 is 11.8 Å². The number of hydrogen-bond acceptors (Lipinski definition) is 4. The molecule has 1 N–H and O–H groups in total. The number of rotatable bonds is 4. The van der Waals surface area contributed by atoms with Gasteiger partial charge in [0.05, 0.1) is 13.2 Å². The summed E-state index contributed by atoms with van der Waals surface area (Å²) in [4.78, 5) is 27.6. The van der Waals surface area contributed by atoms with E-state index in [1.165, 1.54) is 0 Å². The van der Waals surface area contributed by atoms with E-state index in [9.17, 15) is 9.59 Å². The van der Waals surface area contributed by atoms with Crippen LogP contribution >= 0.6 is 0 Å². The summed E-state index contributed by atoms with van der Waals surface area (Å²) in [5.41, 5.74) is -0.790. The number of amides is 2. The van der Waals surface area contributed by atoms with Crippen LogP contribution < -0.4 is 5.32 Å². The molecule has 6 heteroatoms. The van der Waals surface area contributed by atoms with Crippen molar-refractivity contribution in [1.82, 2.24) is 10.2 Å². The lowest BCUT2D eigenvalue weighted by Gasteiger charge is -2.44. The second kappa shape index (κ2) is 6.06. The first kappa shape index (κ1) is 15.4. The second-order valence-electron chi connectivity index (χ2n) is 7.45. The van der Waals surface area contributed by atoms with Crippen molar-refractivity contribution < 1.29 is 19.1 Å². The Kier molecular flexibility index (Phi) is 4.05. The zero-order valence-electron chi connectivity index (χ0n) is 13.6. The predicted molar refractivity (Wildman–Crippen MR) is 82.4 cm³/mol. The van der Waals surface area contributed by atoms with E-state index in [1.54, 1.807) is 0 Å². The van der Waals surface area contributed by atoms with Crippen molar-refractivity contribution in [3.05, 3.63) is 0 Å². The van der Waals surface area contributed by atoms with Gasteiger partial charge in [-0.3, -0.25) is 9.59 Å². The molecule has 0 aromatic rings. The fourth-order valence-electron chi connectivity index (χ4n) is 3.99. The summed E-state index contributed by atoms with van der Waals surface area (Å²) in [5.74, 6) is 0.232.